The summed E-state index contributed by atoms with van der Waals surface area (Å²) in [5, 5.41) is 6.75. The van der Waals surface area contributed by atoms with Crippen molar-refractivity contribution >= 4 is 21.5 Å². The van der Waals surface area contributed by atoms with Crippen LogP contribution in [0.15, 0.2) is 36.4 Å². The fourth-order valence-corrected chi connectivity index (χ4v) is 1.83. The average molecular weight is 322 g/mol. The number of carbonyl (C=O) groups is 1. The first-order valence-corrected chi connectivity index (χ1v) is 7.44. The van der Waals surface area contributed by atoms with Crippen molar-refractivity contribution in [3.63, 3.8) is 0 Å². The van der Waals surface area contributed by atoms with Gasteiger partial charge in [0.1, 0.15) is 0 Å². The second-order valence-corrected chi connectivity index (χ2v) is 5.81. The average Bonchev–Trinajstić information content (AvgIpc) is 2.34. The highest BCUT2D eigenvalue weighted by Crippen LogP contribution is 2.33. The molecule has 5 nitrogen and oxygen atoms in total. The lowest BCUT2D eigenvalue weighted by Crippen LogP contribution is -2.31. The van der Waals surface area contributed by atoms with E-state index >= 15 is 0 Å². The van der Waals surface area contributed by atoms with Gasteiger partial charge in [-0.3, -0.25) is 4.79 Å². The summed E-state index contributed by atoms with van der Waals surface area (Å²) in [6.45, 7) is -0.367. The van der Waals surface area contributed by atoms with E-state index in [4.69, 9.17) is 5.14 Å². The third-order valence-electron chi connectivity index (χ3n) is 2.35. The SMILES string of the molecule is NS(=O)(=O)CCNC(=O)/C=C(\c1ccccc1)C(F)(F)F. The molecule has 21 heavy (non-hydrogen) atoms. The molecule has 0 saturated heterocycles. The van der Waals surface area contributed by atoms with Crippen molar-refractivity contribution in [2.24, 2.45) is 5.14 Å². The number of carbonyl (C=O) groups excluding carboxylic acids is 1. The van der Waals surface area contributed by atoms with Gasteiger partial charge >= 0.3 is 6.18 Å². The van der Waals surface area contributed by atoms with Crippen LogP contribution in [-0.2, 0) is 14.8 Å². The minimum absolute atomic E-state index is 0.161. The van der Waals surface area contributed by atoms with Gasteiger partial charge in [0.2, 0.25) is 15.9 Å². The third-order valence-corrected chi connectivity index (χ3v) is 3.12. The lowest BCUT2D eigenvalue weighted by molar-refractivity contribution is -0.116. The zero-order valence-corrected chi connectivity index (χ0v) is 11.5. The van der Waals surface area contributed by atoms with Crippen LogP contribution < -0.4 is 10.5 Å². The summed E-state index contributed by atoms with van der Waals surface area (Å²) < 4.78 is 60.0. The number of nitrogens with one attached hydrogen (secondary N) is 1. The first kappa shape index (κ1) is 17.2. The monoisotopic (exact) mass is 322 g/mol. The van der Waals surface area contributed by atoms with Crippen LogP contribution in [0.3, 0.4) is 0 Å². The predicted molar refractivity (Wildman–Crippen MR) is 71.5 cm³/mol. The number of hydrogen-bond donors (Lipinski definition) is 2. The van der Waals surface area contributed by atoms with Crippen molar-refractivity contribution < 1.29 is 26.4 Å². The normalized spacial score (nSPS) is 13.0. The topological polar surface area (TPSA) is 89.3 Å². The molecule has 0 aliphatic heterocycles. The number of halogens is 3. The fraction of sp³-hybridized carbons (Fsp3) is 0.250. The molecule has 1 aromatic carbocycles. The van der Waals surface area contributed by atoms with Gasteiger partial charge in [0.15, 0.2) is 0 Å². The molecule has 0 unspecified atom stereocenters. The quantitative estimate of drug-likeness (QED) is 0.794. The van der Waals surface area contributed by atoms with E-state index in [1.165, 1.54) is 24.3 Å². The standard InChI is InChI=1S/C12H13F3N2O3S/c13-12(14,15)10(9-4-2-1-3-5-9)8-11(18)17-6-7-21(16,19)20/h1-5,8H,6-7H2,(H,17,18)(H2,16,19,20)/b10-8+. The molecule has 1 aromatic rings. The van der Waals surface area contributed by atoms with Crippen LogP contribution in [0.1, 0.15) is 5.56 Å². The van der Waals surface area contributed by atoms with Gasteiger partial charge in [-0.15, -0.1) is 0 Å². The molecule has 3 N–H and O–H groups in total. The number of benzene rings is 1. The smallest absolute Gasteiger partial charge is 0.351 e. The third kappa shape index (κ3) is 6.41. The maximum absolute atomic E-state index is 12.9. The summed E-state index contributed by atoms with van der Waals surface area (Å²) in [6, 6.07) is 6.80. The Kier molecular flexibility index (Phi) is 5.50. The molecular formula is C12H13F3N2O3S. The van der Waals surface area contributed by atoms with Gasteiger partial charge < -0.3 is 5.32 Å². The summed E-state index contributed by atoms with van der Waals surface area (Å²) in [7, 11) is -3.79. The van der Waals surface area contributed by atoms with E-state index in [0.29, 0.717) is 6.08 Å². The first-order valence-electron chi connectivity index (χ1n) is 5.72. The van der Waals surface area contributed by atoms with Crippen molar-refractivity contribution in [1.82, 2.24) is 5.32 Å². The van der Waals surface area contributed by atoms with Crippen LogP contribution in [0.2, 0.25) is 0 Å². The van der Waals surface area contributed by atoms with Crippen LogP contribution in [0.4, 0.5) is 13.2 Å². The molecular weight excluding hydrogens is 309 g/mol. The molecule has 0 bridgehead atoms. The van der Waals surface area contributed by atoms with Gasteiger partial charge in [-0.1, -0.05) is 30.3 Å². The Hall–Kier alpha value is -1.87. The van der Waals surface area contributed by atoms with Crippen LogP contribution >= 0.6 is 0 Å². The molecule has 0 fully saturated rings. The van der Waals surface area contributed by atoms with Crippen molar-refractivity contribution in [3.8, 4) is 0 Å². The van der Waals surface area contributed by atoms with E-state index in [1.54, 1.807) is 6.07 Å². The van der Waals surface area contributed by atoms with E-state index < -0.39 is 33.4 Å². The highest BCUT2D eigenvalue weighted by Gasteiger charge is 2.35. The van der Waals surface area contributed by atoms with E-state index in [-0.39, 0.29) is 12.1 Å². The lowest BCUT2D eigenvalue weighted by atomic mass is 10.1. The second kappa shape index (κ2) is 6.72. The molecule has 116 valence electrons. The van der Waals surface area contributed by atoms with Crippen molar-refractivity contribution in [2.45, 2.75) is 6.18 Å². The Morgan fingerprint density at radius 2 is 1.81 bits per heavy atom. The number of primary sulfonamides is 1. The van der Waals surface area contributed by atoms with Gasteiger partial charge in [-0.2, -0.15) is 13.2 Å². The molecule has 0 heterocycles. The highest BCUT2D eigenvalue weighted by atomic mass is 32.2. The Labute approximate surface area is 119 Å². The summed E-state index contributed by atoms with van der Waals surface area (Å²) >= 11 is 0. The van der Waals surface area contributed by atoms with Gasteiger partial charge in [-0.05, 0) is 5.56 Å². The number of amides is 1. The Bertz CT molecular complexity index is 625. The van der Waals surface area contributed by atoms with Crippen LogP contribution in [0.25, 0.3) is 5.57 Å². The Morgan fingerprint density at radius 1 is 1.24 bits per heavy atom. The summed E-state index contributed by atoms with van der Waals surface area (Å²) in [4.78, 5) is 11.4. The first-order chi connectivity index (χ1) is 9.59. The second-order valence-electron chi connectivity index (χ2n) is 4.08. The fourth-order valence-electron chi connectivity index (χ4n) is 1.45. The molecule has 0 saturated carbocycles. The Balaban J connectivity index is 2.87. The molecule has 0 aromatic heterocycles. The van der Waals surface area contributed by atoms with Crippen LogP contribution in [-0.4, -0.2) is 32.8 Å². The number of alkyl halides is 3. The van der Waals surface area contributed by atoms with Gasteiger partial charge in [-0.25, -0.2) is 13.6 Å². The highest BCUT2D eigenvalue weighted by molar-refractivity contribution is 7.89. The minimum atomic E-state index is -4.71. The lowest BCUT2D eigenvalue weighted by Gasteiger charge is -2.12. The van der Waals surface area contributed by atoms with Gasteiger partial charge in [0, 0.05) is 12.6 Å². The molecule has 0 spiro atoms. The minimum Gasteiger partial charge on any atom is -0.351 e. The molecule has 0 atom stereocenters. The van der Waals surface area contributed by atoms with E-state index in [1.807, 2.05) is 5.32 Å². The zero-order chi connectivity index (χ0) is 16.1. The van der Waals surface area contributed by atoms with Crippen molar-refractivity contribution in [2.75, 3.05) is 12.3 Å². The molecule has 1 amide bonds. The van der Waals surface area contributed by atoms with Crippen molar-refractivity contribution in [3.05, 3.63) is 42.0 Å². The number of allylic oxidation sites excluding steroid dienone is 1. The van der Waals surface area contributed by atoms with Gasteiger partial charge in [0.25, 0.3) is 0 Å². The van der Waals surface area contributed by atoms with Crippen molar-refractivity contribution in [1.29, 1.82) is 0 Å². The predicted octanol–water partition coefficient (Wildman–Crippen LogP) is 1.04. The van der Waals surface area contributed by atoms with E-state index in [0.717, 1.165) is 0 Å². The number of sulfonamides is 1. The molecule has 0 radical (unpaired) electrons. The van der Waals surface area contributed by atoms with Gasteiger partial charge in [0.05, 0.1) is 11.3 Å². The zero-order valence-electron chi connectivity index (χ0n) is 10.7. The number of nitrogens with two attached hydrogens (primary N) is 1. The van der Waals surface area contributed by atoms with E-state index in [2.05, 4.69) is 0 Å². The Morgan fingerprint density at radius 3 is 2.29 bits per heavy atom. The maximum Gasteiger partial charge on any atom is 0.417 e. The largest absolute Gasteiger partial charge is 0.417 e. The summed E-state index contributed by atoms with van der Waals surface area (Å²) in [5.74, 6) is -1.60. The summed E-state index contributed by atoms with van der Waals surface area (Å²) in [6.07, 6.45) is -4.32. The summed E-state index contributed by atoms with van der Waals surface area (Å²) in [5.41, 5.74) is -1.28. The number of hydrogen-bond acceptors (Lipinski definition) is 3. The molecule has 0 aliphatic rings. The number of rotatable bonds is 5. The van der Waals surface area contributed by atoms with Crippen LogP contribution in [0, 0.1) is 0 Å². The molecule has 0 aliphatic carbocycles. The van der Waals surface area contributed by atoms with E-state index in [9.17, 15) is 26.4 Å². The molecule has 1 rings (SSSR count). The molecule has 9 heteroatoms. The maximum atomic E-state index is 12.9. The van der Waals surface area contributed by atoms with Crippen LogP contribution in [0.5, 0.6) is 0 Å².